The van der Waals surface area contributed by atoms with Crippen molar-refractivity contribution in [3.8, 4) is 0 Å². The number of likely N-dealkylation sites (tertiary alicyclic amines) is 1. The third kappa shape index (κ3) is 3.12. The summed E-state index contributed by atoms with van der Waals surface area (Å²) in [5.41, 5.74) is 0.168. The molecule has 0 aromatic heterocycles. The Balaban J connectivity index is 1.62. The number of esters is 1. The maximum absolute atomic E-state index is 12.7. The van der Waals surface area contributed by atoms with Crippen molar-refractivity contribution in [3.05, 3.63) is 12.2 Å². The van der Waals surface area contributed by atoms with E-state index >= 15 is 0 Å². The van der Waals surface area contributed by atoms with Gasteiger partial charge in [0.2, 0.25) is 5.91 Å². The molecule has 3 saturated heterocycles. The smallest absolute Gasteiger partial charge is 0.306 e. The first-order valence-electron chi connectivity index (χ1n) is 8.98. The second kappa shape index (κ2) is 6.24. The van der Waals surface area contributed by atoms with Crippen LogP contribution in [-0.4, -0.2) is 52.5 Å². The fourth-order valence-corrected chi connectivity index (χ4v) is 4.28. The van der Waals surface area contributed by atoms with Gasteiger partial charge in [0.25, 0.3) is 0 Å². The minimum Gasteiger partial charge on any atom is -0.457 e. The first-order valence-corrected chi connectivity index (χ1v) is 8.98. The van der Waals surface area contributed by atoms with E-state index in [4.69, 9.17) is 9.47 Å². The van der Waals surface area contributed by atoms with E-state index in [2.05, 4.69) is 6.58 Å². The zero-order valence-corrected chi connectivity index (χ0v) is 15.4. The molecule has 5 atom stereocenters. The van der Waals surface area contributed by atoms with E-state index in [1.54, 1.807) is 6.92 Å². The van der Waals surface area contributed by atoms with E-state index in [1.165, 1.54) is 0 Å². The fraction of sp³-hybridized carbons (Fsp3) is 0.737. The SMILES string of the molecule is C=C(C)C(=O)CCCC(=O)OC1C2CC3C(=O)N(C(C)(C)C)C1C3O2. The normalized spacial score (nSPS) is 33.0. The molecule has 0 saturated carbocycles. The first-order chi connectivity index (χ1) is 11.6. The number of carbonyl (C=O) groups excluding carboxylic acids is 3. The second-order valence-corrected chi connectivity index (χ2v) is 8.36. The molecule has 3 rings (SSSR count). The van der Waals surface area contributed by atoms with Gasteiger partial charge in [-0.05, 0) is 46.1 Å². The number of ether oxygens (including phenoxy) is 2. The molecule has 6 heteroatoms. The predicted octanol–water partition coefficient (Wildman–Crippen LogP) is 2.01. The fourth-order valence-electron chi connectivity index (χ4n) is 4.28. The minimum atomic E-state index is -0.406. The molecule has 3 heterocycles. The van der Waals surface area contributed by atoms with Crippen LogP contribution in [0, 0.1) is 5.92 Å². The lowest BCUT2D eigenvalue weighted by molar-refractivity contribution is -0.156. The highest BCUT2D eigenvalue weighted by Gasteiger charge is 2.67. The van der Waals surface area contributed by atoms with Crippen LogP contribution in [0.2, 0.25) is 0 Å². The minimum absolute atomic E-state index is 0.0285. The third-order valence-electron chi connectivity index (χ3n) is 5.36. The number of hydrogen-bond donors (Lipinski definition) is 0. The predicted molar refractivity (Wildman–Crippen MR) is 90.7 cm³/mol. The zero-order chi connectivity index (χ0) is 18.5. The van der Waals surface area contributed by atoms with Crippen LogP contribution >= 0.6 is 0 Å². The molecule has 6 nitrogen and oxygen atoms in total. The van der Waals surface area contributed by atoms with Crippen LogP contribution in [0.15, 0.2) is 12.2 Å². The highest BCUT2D eigenvalue weighted by Crippen LogP contribution is 2.50. The molecule has 0 spiro atoms. The van der Waals surface area contributed by atoms with Gasteiger partial charge in [0.1, 0.15) is 0 Å². The van der Waals surface area contributed by atoms with Gasteiger partial charge in [0, 0.05) is 18.4 Å². The number of carbonyl (C=O) groups is 3. The number of hydrogen-bond acceptors (Lipinski definition) is 5. The molecule has 3 aliphatic heterocycles. The molecule has 3 fully saturated rings. The summed E-state index contributed by atoms with van der Waals surface area (Å²) in [6.45, 7) is 11.2. The number of Topliss-reactive ketones (excluding diaryl/α,β-unsaturated/α-hetero) is 1. The van der Waals surface area contributed by atoms with Gasteiger partial charge in [0.15, 0.2) is 11.9 Å². The van der Waals surface area contributed by atoms with Crippen LogP contribution in [0.4, 0.5) is 0 Å². The van der Waals surface area contributed by atoms with Gasteiger partial charge in [-0.2, -0.15) is 0 Å². The van der Waals surface area contributed by atoms with Crippen molar-refractivity contribution in [1.82, 2.24) is 4.90 Å². The number of nitrogens with zero attached hydrogens (tertiary/aromatic N) is 1. The average Bonchev–Trinajstić information content (AvgIpc) is 3.09. The van der Waals surface area contributed by atoms with E-state index < -0.39 is 6.10 Å². The van der Waals surface area contributed by atoms with Crippen LogP contribution in [-0.2, 0) is 23.9 Å². The molecule has 0 N–H and O–H groups in total. The summed E-state index contributed by atoms with van der Waals surface area (Å²) in [7, 11) is 0. The molecule has 2 bridgehead atoms. The Bertz CT molecular complexity index is 620. The summed E-state index contributed by atoms with van der Waals surface area (Å²) in [4.78, 5) is 38.3. The Morgan fingerprint density at radius 1 is 1.32 bits per heavy atom. The van der Waals surface area contributed by atoms with Gasteiger partial charge >= 0.3 is 5.97 Å². The van der Waals surface area contributed by atoms with Crippen molar-refractivity contribution in [3.63, 3.8) is 0 Å². The van der Waals surface area contributed by atoms with Crippen molar-refractivity contribution < 1.29 is 23.9 Å². The van der Waals surface area contributed by atoms with Crippen molar-refractivity contribution in [2.75, 3.05) is 0 Å². The molecular formula is C19H27NO5. The Kier molecular flexibility index (Phi) is 4.52. The Hall–Kier alpha value is -1.69. The van der Waals surface area contributed by atoms with Crippen LogP contribution in [0.25, 0.3) is 0 Å². The largest absolute Gasteiger partial charge is 0.457 e. The van der Waals surface area contributed by atoms with Gasteiger partial charge in [-0.1, -0.05) is 6.58 Å². The Morgan fingerprint density at radius 3 is 2.60 bits per heavy atom. The van der Waals surface area contributed by atoms with Crippen LogP contribution in [0.1, 0.15) is 53.4 Å². The van der Waals surface area contributed by atoms with Crippen LogP contribution in [0.5, 0.6) is 0 Å². The number of allylic oxidation sites excluding steroid dienone is 1. The van der Waals surface area contributed by atoms with Crippen molar-refractivity contribution in [1.29, 1.82) is 0 Å². The molecule has 0 aromatic rings. The molecule has 138 valence electrons. The number of ketones is 1. The molecular weight excluding hydrogens is 322 g/mol. The Labute approximate surface area is 148 Å². The number of fused-ring (bicyclic) bond motifs is 1. The van der Waals surface area contributed by atoms with Crippen molar-refractivity contribution in [2.45, 2.75) is 83.3 Å². The monoisotopic (exact) mass is 349 g/mol. The van der Waals surface area contributed by atoms with Gasteiger partial charge < -0.3 is 14.4 Å². The lowest BCUT2D eigenvalue weighted by Crippen LogP contribution is -2.53. The standard InChI is InChI=1S/C19H27NO5/c1-10(2)12(21)7-6-8-14(22)25-17-13-9-11-16(24-13)15(17)20(18(11)23)19(3,4)5/h11,13,15-17H,1,6-9H2,2-5H3. The third-order valence-corrected chi connectivity index (χ3v) is 5.36. The summed E-state index contributed by atoms with van der Waals surface area (Å²) in [6, 6.07) is -0.197. The van der Waals surface area contributed by atoms with Crippen molar-refractivity contribution in [2.24, 2.45) is 5.92 Å². The highest BCUT2D eigenvalue weighted by molar-refractivity contribution is 5.94. The van der Waals surface area contributed by atoms with E-state index in [-0.39, 0.29) is 53.8 Å². The summed E-state index contributed by atoms with van der Waals surface area (Å²) < 4.78 is 11.6. The molecule has 1 amide bonds. The van der Waals surface area contributed by atoms with E-state index in [0.29, 0.717) is 24.8 Å². The zero-order valence-electron chi connectivity index (χ0n) is 15.4. The lowest BCUT2D eigenvalue weighted by atomic mass is 9.87. The van der Waals surface area contributed by atoms with E-state index in [1.807, 2.05) is 25.7 Å². The molecule has 25 heavy (non-hydrogen) atoms. The highest BCUT2D eigenvalue weighted by atomic mass is 16.6. The Morgan fingerprint density at radius 2 is 2.00 bits per heavy atom. The molecule has 0 aliphatic carbocycles. The summed E-state index contributed by atoms with van der Waals surface area (Å²) in [5, 5.41) is 0. The topological polar surface area (TPSA) is 72.9 Å². The van der Waals surface area contributed by atoms with E-state index in [9.17, 15) is 14.4 Å². The summed E-state index contributed by atoms with van der Waals surface area (Å²) in [5.74, 6) is -0.354. The molecule has 0 radical (unpaired) electrons. The van der Waals surface area contributed by atoms with Crippen LogP contribution < -0.4 is 0 Å². The van der Waals surface area contributed by atoms with Gasteiger partial charge in [-0.25, -0.2) is 0 Å². The van der Waals surface area contributed by atoms with E-state index in [0.717, 1.165) is 0 Å². The number of rotatable bonds is 6. The second-order valence-electron chi connectivity index (χ2n) is 8.36. The summed E-state index contributed by atoms with van der Waals surface area (Å²) >= 11 is 0. The summed E-state index contributed by atoms with van der Waals surface area (Å²) in [6.07, 6.45) is 0.788. The molecule has 5 unspecified atom stereocenters. The number of amides is 1. The average molecular weight is 349 g/mol. The maximum atomic E-state index is 12.7. The lowest BCUT2D eigenvalue weighted by Gasteiger charge is -2.38. The molecule has 0 aromatic carbocycles. The van der Waals surface area contributed by atoms with Gasteiger partial charge in [-0.15, -0.1) is 0 Å². The molecule has 3 aliphatic rings. The van der Waals surface area contributed by atoms with Crippen LogP contribution in [0.3, 0.4) is 0 Å². The van der Waals surface area contributed by atoms with Crippen molar-refractivity contribution >= 4 is 17.7 Å². The van der Waals surface area contributed by atoms with Gasteiger partial charge in [-0.3, -0.25) is 14.4 Å². The first kappa shape index (κ1) is 18.1. The van der Waals surface area contributed by atoms with Gasteiger partial charge in [0.05, 0.1) is 24.2 Å². The maximum Gasteiger partial charge on any atom is 0.306 e. The quantitative estimate of drug-likeness (QED) is 0.542.